The molecule has 192 valence electrons. The maximum Gasteiger partial charge on any atom is 0.254 e. The van der Waals surface area contributed by atoms with Gasteiger partial charge >= 0.3 is 0 Å². The minimum absolute atomic E-state index is 0.186. The van der Waals surface area contributed by atoms with E-state index in [2.05, 4.69) is 22.4 Å². The van der Waals surface area contributed by atoms with Crippen LogP contribution >= 0.6 is 0 Å². The maximum atomic E-state index is 13.8. The van der Waals surface area contributed by atoms with Crippen molar-refractivity contribution in [3.8, 4) is 23.8 Å². The quantitative estimate of drug-likeness (QED) is 0.360. The van der Waals surface area contributed by atoms with Gasteiger partial charge in [0.2, 0.25) is 11.8 Å². The smallest absolute Gasteiger partial charge is 0.254 e. The summed E-state index contributed by atoms with van der Waals surface area (Å²) >= 11 is 0. The fourth-order valence-corrected chi connectivity index (χ4v) is 4.53. The average Bonchev–Trinajstić information content (AvgIpc) is 2.94. The highest BCUT2D eigenvalue weighted by Crippen LogP contribution is 2.35. The third-order valence-electron chi connectivity index (χ3n) is 6.44. The van der Waals surface area contributed by atoms with Gasteiger partial charge in [-0.2, -0.15) is 15.5 Å². The molecule has 1 aromatic heterocycles. The summed E-state index contributed by atoms with van der Waals surface area (Å²) in [6.45, 7) is 4.29. The molecule has 1 N–H and O–H groups in total. The summed E-state index contributed by atoms with van der Waals surface area (Å²) in [5.41, 5.74) is 4.93. The van der Waals surface area contributed by atoms with Crippen molar-refractivity contribution in [3.05, 3.63) is 106 Å². The van der Waals surface area contributed by atoms with Crippen LogP contribution in [0.1, 0.15) is 43.9 Å². The second-order valence-electron chi connectivity index (χ2n) is 9.23. The van der Waals surface area contributed by atoms with Crippen LogP contribution in [-0.4, -0.2) is 27.3 Å². The molecule has 5 rings (SSSR count). The first kappa shape index (κ1) is 25.4. The van der Waals surface area contributed by atoms with Gasteiger partial charge in [0.1, 0.15) is 11.6 Å². The number of aromatic nitrogens is 2. The number of nitrogens with one attached hydrogen (secondary N) is 1. The second kappa shape index (κ2) is 10.6. The molecule has 39 heavy (non-hydrogen) atoms. The number of halogens is 1. The van der Waals surface area contributed by atoms with Gasteiger partial charge in [0.05, 0.1) is 41.1 Å². The van der Waals surface area contributed by atoms with E-state index in [0.717, 1.165) is 16.8 Å². The standard InChI is InChI=1S/C30H23FN6O2/c1-18-12-21(16-33)13-19(2)27(18)39-28-25-17-37(29(38)22-4-3-5-23(31)14-22)11-10-26(25)35-30(36-28)34-24-8-6-20(15-32)7-9-24/h3-9,12-14H,10-11,17H2,1-2H3,(H,34,35,36). The van der Waals surface area contributed by atoms with Gasteiger partial charge in [-0.1, -0.05) is 6.07 Å². The van der Waals surface area contributed by atoms with Crippen molar-refractivity contribution >= 4 is 17.5 Å². The third-order valence-corrected chi connectivity index (χ3v) is 6.44. The van der Waals surface area contributed by atoms with Gasteiger partial charge in [-0.3, -0.25) is 4.79 Å². The summed E-state index contributed by atoms with van der Waals surface area (Å²) in [5, 5.41) is 21.6. The number of hydrogen-bond donors (Lipinski definition) is 1. The zero-order chi connectivity index (χ0) is 27.5. The van der Waals surface area contributed by atoms with Gasteiger partial charge in [0, 0.05) is 24.2 Å². The summed E-state index contributed by atoms with van der Waals surface area (Å²) in [6.07, 6.45) is 0.447. The summed E-state index contributed by atoms with van der Waals surface area (Å²) in [6, 6.07) is 20.2. The number of anilines is 2. The normalized spacial score (nSPS) is 12.2. The number of nitrogens with zero attached hydrogens (tertiary/aromatic N) is 5. The van der Waals surface area contributed by atoms with E-state index in [1.165, 1.54) is 18.2 Å². The Kier molecular flexibility index (Phi) is 6.90. The molecule has 2 heterocycles. The highest BCUT2D eigenvalue weighted by molar-refractivity contribution is 5.94. The number of amides is 1. The SMILES string of the molecule is Cc1cc(C#N)cc(C)c1Oc1nc(Nc2ccc(C#N)cc2)nc2c1CN(C(=O)c1cccc(F)c1)CC2. The Morgan fingerprint density at radius 3 is 2.38 bits per heavy atom. The van der Waals surface area contributed by atoms with Crippen LogP contribution in [0.25, 0.3) is 0 Å². The van der Waals surface area contributed by atoms with Crippen molar-refractivity contribution < 1.29 is 13.9 Å². The summed E-state index contributed by atoms with van der Waals surface area (Å²) in [7, 11) is 0. The van der Waals surface area contributed by atoms with Crippen LogP contribution in [0.3, 0.4) is 0 Å². The van der Waals surface area contributed by atoms with E-state index in [4.69, 9.17) is 15.0 Å². The highest BCUT2D eigenvalue weighted by atomic mass is 19.1. The Hall–Kier alpha value is -5.28. The Balaban J connectivity index is 1.53. The first-order valence-electron chi connectivity index (χ1n) is 12.3. The van der Waals surface area contributed by atoms with E-state index >= 15 is 0 Å². The summed E-state index contributed by atoms with van der Waals surface area (Å²) < 4.78 is 20.1. The van der Waals surface area contributed by atoms with E-state index in [9.17, 15) is 14.4 Å². The third kappa shape index (κ3) is 5.39. The van der Waals surface area contributed by atoms with E-state index in [1.807, 2.05) is 13.8 Å². The molecule has 0 aliphatic carbocycles. The maximum absolute atomic E-state index is 13.8. The summed E-state index contributed by atoms with van der Waals surface area (Å²) in [4.78, 5) is 24.2. The monoisotopic (exact) mass is 518 g/mol. The first-order valence-corrected chi connectivity index (χ1v) is 12.3. The molecule has 4 aromatic rings. The number of nitriles is 2. The molecule has 8 nitrogen and oxygen atoms in total. The Bertz CT molecular complexity index is 1650. The molecule has 9 heteroatoms. The number of carbonyl (C=O) groups excluding carboxylic acids is 1. The van der Waals surface area contributed by atoms with E-state index in [-0.39, 0.29) is 23.9 Å². The Labute approximate surface area is 224 Å². The molecular formula is C30H23FN6O2. The van der Waals surface area contributed by atoms with Gasteiger partial charge < -0.3 is 15.0 Å². The van der Waals surface area contributed by atoms with Crippen LogP contribution in [-0.2, 0) is 13.0 Å². The molecule has 0 fully saturated rings. The van der Waals surface area contributed by atoms with Gasteiger partial charge in [-0.25, -0.2) is 9.37 Å². The molecule has 3 aromatic carbocycles. The van der Waals surface area contributed by atoms with Crippen LogP contribution < -0.4 is 10.1 Å². The lowest BCUT2D eigenvalue weighted by Crippen LogP contribution is -2.36. The lowest BCUT2D eigenvalue weighted by atomic mass is 10.0. The molecule has 0 saturated carbocycles. The lowest BCUT2D eigenvalue weighted by molar-refractivity contribution is 0.0731. The van der Waals surface area contributed by atoms with Crippen molar-refractivity contribution in [2.75, 3.05) is 11.9 Å². The van der Waals surface area contributed by atoms with Crippen LogP contribution in [0.2, 0.25) is 0 Å². The lowest BCUT2D eigenvalue weighted by Gasteiger charge is -2.29. The molecule has 0 atom stereocenters. The molecule has 0 unspecified atom stereocenters. The number of hydrogen-bond acceptors (Lipinski definition) is 7. The van der Waals surface area contributed by atoms with Gasteiger partial charge in [-0.15, -0.1) is 0 Å². The largest absolute Gasteiger partial charge is 0.438 e. The Morgan fingerprint density at radius 1 is 1.00 bits per heavy atom. The average molecular weight is 519 g/mol. The number of benzene rings is 3. The second-order valence-corrected chi connectivity index (χ2v) is 9.23. The number of fused-ring (bicyclic) bond motifs is 1. The van der Waals surface area contributed by atoms with Crippen molar-refractivity contribution in [2.45, 2.75) is 26.8 Å². The molecular weight excluding hydrogens is 495 g/mol. The van der Waals surface area contributed by atoms with Crippen LogP contribution in [0, 0.1) is 42.3 Å². The highest BCUT2D eigenvalue weighted by Gasteiger charge is 2.28. The van der Waals surface area contributed by atoms with Crippen LogP contribution in [0.5, 0.6) is 11.6 Å². The van der Waals surface area contributed by atoms with Crippen molar-refractivity contribution in [2.24, 2.45) is 0 Å². The van der Waals surface area contributed by atoms with Gasteiger partial charge in [0.15, 0.2) is 0 Å². The summed E-state index contributed by atoms with van der Waals surface area (Å²) in [5.74, 6) is 0.381. The molecule has 0 spiro atoms. The van der Waals surface area contributed by atoms with Gasteiger partial charge in [0.25, 0.3) is 5.91 Å². The number of aryl methyl sites for hydroxylation is 2. The zero-order valence-electron chi connectivity index (χ0n) is 21.3. The molecule has 1 aliphatic rings. The molecule has 1 amide bonds. The van der Waals surface area contributed by atoms with Crippen molar-refractivity contribution in [3.63, 3.8) is 0 Å². The first-order chi connectivity index (χ1) is 18.8. The molecule has 0 saturated heterocycles. The van der Waals surface area contributed by atoms with Gasteiger partial charge in [-0.05, 0) is 79.6 Å². The van der Waals surface area contributed by atoms with E-state index < -0.39 is 5.82 Å². The topological polar surface area (TPSA) is 115 Å². The fourth-order valence-electron chi connectivity index (χ4n) is 4.53. The molecule has 0 radical (unpaired) electrons. The van der Waals surface area contributed by atoms with Crippen LogP contribution in [0.4, 0.5) is 16.0 Å². The van der Waals surface area contributed by atoms with Crippen molar-refractivity contribution in [1.29, 1.82) is 10.5 Å². The minimum Gasteiger partial charge on any atom is -0.438 e. The zero-order valence-corrected chi connectivity index (χ0v) is 21.3. The van der Waals surface area contributed by atoms with E-state index in [0.29, 0.717) is 47.0 Å². The fraction of sp³-hybridized carbons (Fsp3) is 0.167. The number of ether oxygens (including phenoxy) is 1. The Morgan fingerprint density at radius 2 is 1.72 bits per heavy atom. The predicted octanol–water partition coefficient (Wildman–Crippen LogP) is 5.71. The van der Waals surface area contributed by atoms with Crippen LogP contribution in [0.15, 0.2) is 60.7 Å². The number of rotatable bonds is 5. The molecule has 1 aliphatic heterocycles. The minimum atomic E-state index is -0.476. The molecule has 0 bridgehead atoms. The van der Waals surface area contributed by atoms with Crippen molar-refractivity contribution in [1.82, 2.24) is 14.9 Å². The number of carbonyl (C=O) groups is 1. The van der Waals surface area contributed by atoms with E-state index in [1.54, 1.807) is 47.4 Å². The predicted molar refractivity (Wildman–Crippen MR) is 142 cm³/mol.